The van der Waals surface area contributed by atoms with E-state index in [-0.39, 0.29) is 18.1 Å². The summed E-state index contributed by atoms with van der Waals surface area (Å²) in [4.78, 5) is 22.0. The van der Waals surface area contributed by atoms with Crippen LogP contribution in [0.3, 0.4) is 0 Å². The number of non-ortho nitro benzene ring substituents is 1. The van der Waals surface area contributed by atoms with E-state index < -0.39 is 10.7 Å². The SMILES string of the molecule is Cc1ccc(F)cc1NC(=O)CNc1cccc([N+](=O)[O-])c1. The molecule has 0 fully saturated rings. The van der Waals surface area contributed by atoms with Crippen molar-refractivity contribution in [3.8, 4) is 0 Å². The molecule has 0 aromatic heterocycles. The van der Waals surface area contributed by atoms with Gasteiger partial charge in [-0.2, -0.15) is 0 Å². The minimum absolute atomic E-state index is 0.0635. The Labute approximate surface area is 126 Å². The molecule has 114 valence electrons. The normalized spacial score (nSPS) is 10.1. The maximum absolute atomic E-state index is 13.1. The molecule has 22 heavy (non-hydrogen) atoms. The van der Waals surface area contributed by atoms with Crippen molar-refractivity contribution >= 4 is 23.0 Å². The smallest absolute Gasteiger partial charge is 0.271 e. The molecule has 0 radical (unpaired) electrons. The van der Waals surface area contributed by atoms with Crippen LogP contribution in [0.5, 0.6) is 0 Å². The maximum atomic E-state index is 13.1. The van der Waals surface area contributed by atoms with Crippen LogP contribution >= 0.6 is 0 Å². The van der Waals surface area contributed by atoms with Crippen LogP contribution in [0, 0.1) is 22.9 Å². The molecule has 0 unspecified atom stereocenters. The number of halogens is 1. The van der Waals surface area contributed by atoms with Crippen LogP contribution in [-0.4, -0.2) is 17.4 Å². The number of benzene rings is 2. The topological polar surface area (TPSA) is 84.3 Å². The van der Waals surface area contributed by atoms with Gasteiger partial charge in [-0.25, -0.2) is 4.39 Å². The molecule has 2 aromatic carbocycles. The summed E-state index contributed by atoms with van der Waals surface area (Å²) >= 11 is 0. The molecule has 0 aliphatic heterocycles. The number of anilines is 2. The third-order valence-corrected chi connectivity index (χ3v) is 2.98. The number of carbonyl (C=O) groups is 1. The Morgan fingerprint density at radius 3 is 2.77 bits per heavy atom. The van der Waals surface area contributed by atoms with E-state index in [2.05, 4.69) is 10.6 Å². The Balaban J connectivity index is 1.97. The van der Waals surface area contributed by atoms with E-state index in [4.69, 9.17) is 0 Å². The second kappa shape index (κ2) is 6.66. The molecular formula is C15H14FN3O3. The van der Waals surface area contributed by atoms with Crippen LogP contribution in [0.15, 0.2) is 42.5 Å². The summed E-state index contributed by atoms with van der Waals surface area (Å²) in [6.45, 7) is 1.67. The Bertz CT molecular complexity index is 719. The second-order valence-electron chi connectivity index (χ2n) is 4.67. The zero-order valence-corrected chi connectivity index (χ0v) is 11.8. The number of nitrogens with zero attached hydrogens (tertiary/aromatic N) is 1. The van der Waals surface area contributed by atoms with Gasteiger partial charge in [0.2, 0.25) is 5.91 Å². The molecule has 1 amide bonds. The van der Waals surface area contributed by atoms with Crippen molar-refractivity contribution < 1.29 is 14.1 Å². The molecule has 0 spiro atoms. The van der Waals surface area contributed by atoms with E-state index in [1.54, 1.807) is 19.1 Å². The monoisotopic (exact) mass is 303 g/mol. The summed E-state index contributed by atoms with van der Waals surface area (Å²) in [5, 5.41) is 16.0. The molecule has 0 saturated heterocycles. The van der Waals surface area contributed by atoms with Gasteiger partial charge in [0.25, 0.3) is 5.69 Å². The van der Waals surface area contributed by atoms with Crippen LogP contribution in [0.25, 0.3) is 0 Å². The third kappa shape index (κ3) is 4.02. The third-order valence-electron chi connectivity index (χ3n) is 2.98. The molecule has 2 aromatic rings. The first-order chi connectivity index (χ1) is 10.5. The molecule has 7 heteroatoms. The summed E-state index contributed by atoms with van der Waals surface area (Å²) in [5.41, 5.74) is 1.53. The predicted molar refractivity (Wildman–Crippen MR) is 81.4 cm³/mol. The van der Waals surface area contributed by atoms with Crippen molar-refractivity contribution in [1.29, 1.82) is 0 Å². The standard InChI is InChI=1S/C15H14FN3O3/c1-10-5-6-11(16)7-14(10)18-15(20)9-17-12-3-2-4-13(8-12)19(21)22/h2-8,17H,9H2,1H3,(H,18,20). The molecule has 0 bridgehead atoms. The van der Waals surface area contributed by atoms with E-state index in [9.17, 15) is 19.3 Å². The Kier molecular flexibility index (Phi) is 4.67. The number of rotatable bonds is 5. The van der Waals surface area contributed by atoms with Gasteiger partial charge in [-0.05, 0) is 30.7 Å². The van der Waals surface area contributed by atoms with E-state index >= 15 is 0 Å². The number of nitrogens with one attached hydrogen (secondary N) is 2. The first-order valence-corrected chi connectivity index (χ1v) is 6.50. The minimum atomic E-state index is -0.513. The van der Waals surface area contributed by atoms with Crippen molar-refractivity contribution in [1.82, 2.24) is 0 Å². The highest BCUT2D eigenvalue weighted by Gasteiger charge is 2.08. The minimum Gasteiger partial charge on any atom is -0.376 e. The number of nitro groups is 1. The van der Waals surface area contributed by atoms with E-state index in [1.165, 1.54) is 30.3 Å². The van der Waals surface area contributed by atoms with Gasteiger partial charge in [-0.15, -0.1) is 0 Å². The highest BCUT2D eigenvalue weighted by molar-refractivity contribution is 5.94. The van der Waals surface area contributed by atoms with Crippen molar-refractivity contribution in [2.75, 3.05) is 17.2 Å². The van der Waals surface area contributed by atoms with Gasteiger partial charge in [0, 0.05) is 23.5 Å². The van der Waals surface area contributed by atoms with Gasteiger partial charge >= 0.3 is 0 Å². The molecule has 0 aliphatic carbocycles. The van der Waals surface area contributed by atoms with Crippen LogP contribution in [0.2, 0.25) is 0 Å². The predicted octanol–water partition coefficient (Wildman–Crippen LogP) is 3.09. The van der Waals surface area contributed by atoms with Crippen molar-refractivity contribution in [3.63, 3.8) is 0 Å². The molecule has 2 N–H and O–H groups in total. The van der Waals surface area contributed by atoms with Crippen LogP contribution in [0.4, 0.5) is 21.5 Å². The molecular weight excluding hydrogens is 289 g/mol. The molecule has 0 aliphatic rings. The fourth-order valence-electron chi connectivity index (χ4n) is 1.84. The lowest BCUT2D eigenvalue weighted by molar-refractivity contribution is -0.384. The Hall–Kier alpha value is -2.96. The Morgan fingerprint density at radius 2 is 2.05 bits per heavy atom. The number of nitro benzene ring substituents is 1. The molecule has 2 rings (SSSR count). The average molecular weight is 303 g/mol. The number of hydrogen-bond acceptors (Lipinski definition) is 4. The number of carbonyl (C=O) groups excluding carboxylic acids is 1. The van der Waals surface area contributed by atoms with Crippen molar-refractivity contribution in [2.24, 2.45) is 0 Å². The number of aryl methyl sites for hydroxylation is 1. The lowest BCUT2D eigenvalue weighted by Gasteiger charge is -2.10. The zero-order valence-electron chi connectivity index (χ0n) is 11.8. The molecule has 0 saturated carbocycles. The number of amides is 1. The second-order valence-corrected chi connectivity index (χ2v) is 4.67. The summed E-state index contributed by atoms with van der Waals surface area (Å²) in [6.07, 6.45) is 0. The van der Waals surface area contributed by atoms with Gasteiger partial charge in [0.15, 0.2) is 0 Å². The lowest BCUT2D eigenvalue weighted by Crippen LogP contribution is -2.22. The van der Waals surface area contributed by atoms with Crippen LogP contribution < -0.4 is 10.6 Å². The van der Waals surface area contributed by atoms with Crippen molar-refractivity contribution in [2.45, 2.75) is 6.92 Å². The lowest BCUT2D eigenvalue weighted by atomic mass is 10.2. The first kappa shape index (κ1) is 15.4. The fourth-order valence-corrected chi connectivity index (χ4v) is 1.84. The molecule has 0 atom stereocenters. The molecule has 0 heterocycles. The summed E-state index contributed by atoms with van der Waals surface area (Å²) < 4.78 is 13.1. The fraction of sp³-hybridized carbons (Fsp3) is 0.133. The van der Waals surface area contributed by atoms with Gasteiger partial charge in [-0.3, -0.25) is 14.9 Å². The molecule has 6 nitrogen and oxygen atoms in total. The highest BCUT2D eigenvalue weighted by atomic mass is 19.1. The first-order valence-electron chi connectivity index (χ1n) is 6.50. The van der Waals surface area contributed by atoms with E-state index in [0.29, 0.717) is 11.4 Å². The Morgan fingerprint density at radius 1 is 1.27 bits per heavy atom. The number of hydrogen-bond donors (Lipinski definition) is 2. The van der Waals surface area contributed by atoms with Gasteiger partial charge in [0.05, 0.1) is 11.5 Å². The van der Waals surface area contributed by atoms with Crippen molar-refractivity contribution in [3.05, 3.63) is 64.0 Å². The van der Waals surface area contributed by atoms with E-state index in [1.807, 2.05) is 0 Å². The van der Waals surface area contributed by atoms with Crippen LogP contribution in [0.1, 0.15) is 5.56 Å². The van der Waals surface area contributed by atoms with Gasteiger partial charge in [-0.1, -0.05) is 12.1 Å². The maximum Gasteiger partial charge on any atom is 0.271 e. The average Bonchev–Trinajstić information content (AvgIpc) is 2.49. The van der Waals surface area contributed by atoms with Gasteiger partial charge in [0.1, 0.15) is 5.82 Å². The summed E-state index contributed by atoms with van der Waals surface area (Å²) in [7, 11) is 0. The highest BCUT2D eigenvalue weighted by Crippen LogP contribution is 2.18. The largest absolute Gasteiger partial charge is 0.376 e. The quantitative estimate of drug-likeness (QED) is 0.656. The van der Waals surface area contributed by atoms with Gasteiger partial charge < -0.3 is 10.6 Å². The summed E-state index contributed by atoms with van der Waals surface area (Å²) in [6, 6.07) is 9.96. The summed E-state index contributed by atoms with van der Waals surface area (Å²) in [5.74, 6) is -0.812. The zero-order chi connectivity index (χ0) is 16.1. The van der Waals surface area contributed by atoms with Crippen LogP contribution in [-0.2, 0) is 4.79 Å². The van der Waals surface area contributed by atoms with E-state index in [0.717, 1.165) is 5.56 Å².